The smallest absolute Gasteiger partial charge is 0.255 e. The zero-order chi connectivity index (χ0) is 23.2. The lowest BCUT2D eigenvalue weighted by Crippen LogP contribution is -2.25. The van der Waals surface area contributed by atoms with E-state index < -0.39 is 0 Å². The van der Waals surface area contributed by atoms with Crippen molar-refractivity contribution in [2.24, 2.45) is 0 Å². The van der Waals surface area contributed by atoms with Crippen LogP contribution in [0.25, 0.3) is 0 Å². The summed E-state index contributed by atoms with van der Waals surface area (Å²) >= 11 is 0. The molecule has 2 N–H and O–H groups in total. The molecule has 0 aliphatic heterocycles. The third kappa shape index (κ3) is 5.63. The summed E-state index contributed by atoms with van der Waals surface area (Å²) in [5, 5.41) is 5.78. The molecule has 4 rings (SSSR count). The minimum atomic E-state index is -0.360. The van der Waals surface area contributed by atoms with Gasteiger partial charge in [0.15, 0.2) is 11.5 Å². The second-order valence-electron chi connectivity index (χ2n) is 7.77. The molecule has 0 heterocycles. The molecule has 7 heteroatoms. The van der Waals surface area contributed by atoms with Crippen LogP contribution in [0.4, 0.5) is 5.69 Å². The highest BCUT2D eigenvalue weighted by Crippen LogP contribution is 2.39. The highest BCUT2D eigenvalue weighted by atomic mass is 16.5. The normalized spacial score (nSPS) is 12.5. The highest BCUT2D eigenvalue weighted by Gasteiger charge is 2.24. The summed E-state index contributed by atoms with van der Waals surface area (Å²) in [4.78, 5) is 25.2. The molecule has 7 nitrogen and oxygen atoms in total. The first-order valence-corrected chi connectivity index (χ1v) is 10.7. The van der Waals surface area contributed by atoms with Crippen LogP contribution in [0.15, 0.2) is 66.7 Å². The van der Waals surface area contributed by atoms with E-state index in [2.05, 4.69) is 10.6 Å². The summed E-state index contributed by atoms with van der Waals surface area (Å²) in [5.41, 5.74) is 2.35. The number of anilines is 1. The van der Waals surface area contributed by atoms with Crippen molar-refractivity contribution in [3.8, 4) is 17.2 Å². The quantitative estimate of drug-likeness (QED) is 0.508. The van der Waals surface area contributed by atoms with Crippen LogP contribution in [-0.2, 0) is 6.61 Å². The third-order valence-corrected chi connectivity index (χ3v) is 5.24. The maximum absolute atomic E-state index is 12.9. The van der Waals surface area contributed by atoms with E-state index in [4.69, 9.17) is 14.2 Å². The molecule has 0 unspecified atom stereocenters. The number of methoxy groups -OCH3 is 2. The van der Waals surface area contributed by atoms with Crippen molar-refractivity contribution < 1.29 is 23.8 Å². The molecular formula is C26H26N2O5. The Morgan fingerprint density at radius 1 is 0.848 bits per heavy atom. The predicted molar refractivity (Wildman–Crippen MR) is 125 cm³/mol. The SMILES string of the molecule is COc1cc(C(=O)Nc2cccc(C(=O)NC3CC3)c2)cc(OC)c1OCc1ccccc1. The first-order valence-electron chi connectivity index (χ1n) is 10.7. The summed E-state index contributed by atoms with van der Waals surface area (Å²) in [5.74, 6) is 0.679. The van der Waals surface area contributed by atoms with Crippen LogP contribution in [0.3, 0.4) is 0 Å². The van der Waals surface area contributed by atoms with Crippen molar-refractivity contribution in [2.45, 2.75) is 25.5 Å². The topological polar surface area (TPSA) is 85.9 Å². The molecule has 1 saturated carbocycles. The molecule has 0 atom stereocenters. The summed E-state index contributed by atoms with van der Waals surface area (Å²) < 4.78 is 16.9. The van der Waals surface area contributed by atoms with Gasteiger partial charge in [-0.25, -0.2) is 0 Å². The van der Waals surface area contributed by atoms with Crippen molar-refractivity contribution >= 4 is 17.5 Å². The molecule has 0 spiro atoms. The number of benzene rings is 3. The number of carbonyl (C=O) groups is 2. The van der Waals surface area contributed by atoms with Gasteiger partial charge < -0.3 is 24.8 Å². The molecule has 2 amide bonds. The first-order chi connectivity index (χ1) is 16.1. The Morgan fingerprint density at radius 2 is 1.55 bits per heavy atom. The Balaban J connectivity index is 1.51. The molecule has 170 valence electrons. The van der Waals surface area contributed by atoms with Gasteiger partial charge in [0, 0.05) is 22.9 Å². The van der Waals surface area contributed by atoms with E-state index in [1.807, 2.05) is 30.3 Å². The molecule has 0 aromatic heterocycles. The second-order valence-corrected chi connectivity index (χ2v) is 7.77. The van der Waals surface area contributed by atoms with Crippen LogP contribution in [0.2, 0.25) is 0 Å². The van der Waals surface area contributed by atoms with Gasteiger partial charge in [-0.05, 0) is 48.7 Å². The largest absolute Gasteiger partial charge is 0.493 e. The summed E-state index contributed by atoms with van der Waals surface area (Å²) in [6.45, 7) is 0.328. The van der Waals surface area contributed by atoms with Gasteiger partial charge in [0.05, 0.1) is 14.2 Å². The Bertz CT molecular complexity index is 1120. The Hall–Kier alpha value is -4.00. The van der Waals surface area contributed by atoms with E-state index in [0.29, 0.717) is 40.7 Å². The maximum Gasteiger partial charge on any atom is 0.255 e. The number of hydrogen-bond acceptors (Lipinski definition) is 5. The number of rotatable bonds is 9. The van der Waals surface area contributed by atoms with Gasteiger partial charge in [-0.2, -0.15) is 0 Å². The standard InChI is InChI=1S/C26H26N2O5/c1-31-22-14-19(15-23(32-2)24(22)33-16-17-7-4-3-5-8-17)26(30)28-21-10-6-9-18(13-21)25(29)27-20-11-12-20/h3-10,13-15,20H,11-12,16H2,1-2H3,(H,27,29)(H,28,30). The number of carbonyl (C=O) groups excluding carboxylic acids is 2. The fourth-order valence-corrected chi connectivity index (χ4v) is 3.32. The number of hydrogen-bond donors (Lipinski definition) is 2. The van der Waals surface area contributed by atoms with Crippen molar-refractivity contribution in [3.63, 3.8) is 0 Å². The van der Waals surface area contributed by atoms with Gasteiger partial charge in [-0.1, -0.05) is 36.4 Å². The van der Waals surface area contributed by atoms with Crippen LogP contribution >= 0.6 is 0 Å². The van der Waals surface area contributed by atoms with Crippen LogP contribution in [0.1, 0.15) is 39.1 Å². The lowest BCUT2D eigenvalue weighted by Gasteiger charge is -2.16. The molecule has 1 fully saturated rings. The van der Waals surface area contributed by atoms with Crippen LogP contribution in [0.5, 0.6) is 17.2 Å². The van der Waals surface area contributed by atoms with Gasteiger partial charge in [0.25, 0.3) is 11.8 Å². The Kier molecular flexibility index (Phi) is 6.78. The van der Waals surface area contributed by atoms with Crippen molar-refractivity contribution in [2.75, 3.05) is 19.5 Å². The van der Waals surface area contributed by atoms with Crippen LogP contribution < -0.4 is 24.8 Å². The van der Waals surface area contributed by atoms with Gasteiger partial charge in [-0.3, -0.25) is 9.59 Å². The van der Waals surface area contributed by atoms with E-state index in [9.17, 15) is 9.59 Å². The van der Waals surface area contributed by atoms with Crippen LogP contribution in [0, 0.1) is 0 Å². The van der Waals surface area contributed by atoms with E-state index in [1.54, 1.807) is 36.4 Å². The lowest BCUT2D eigenvalue weighted by molar-refractivity contribution is 0.0949. The minimum absolute atomic E-state index is 0.142. The average Bonchev–Trinajstić information content (AvgIpc) is 3.67. The molecule has 3 aromatic carbocycles. The van der Waals surface area contributed by atoms with Crippen LogP contribution in [-0.4, -0.2) is 32.1 Å². The van der Waals surface area contributed by atoms with Crippen molar-refractivity contribution in [1.29, 1.82) is 0 Å². The zero-order valence-electron chi connectivity index (χ0n) is 18.6. The van der Waals surface area contributed by atoms with E-state index >= 15 is 0 Å². The first kappa shape index (κ1) is 22.2. The summed E-state index contributed by atoms with van der Waals surface area (Å²) in [6.07, 6.45) is 2.02. The Morgan fingerprint density at radius 3 is 2.18 bits per heavy atom. The zero-order valence-corrected chi connectivity index (χ0v) is 18.6. The van der Waals surface area contributed by atoms with E-state index in [-0.39, 0.29) is 17.9 Å². The number of nitrogens with one attached hydrogen (secondary N) is 2. The Labute approximate surface area is 192 Å². The third-order valence-electron chi connectivity index (χ3n) is 5.24. The van der Waals surface area contributed by atoms with Crippen molar-refractivity contribution in [3.05, 3.63) is 83.4 Å². The molecule has 0 bridgehead atoms. The molecular weight excluding hydrogens is 420 g/mol. The minimum Gasteiger partial charge on any atom is -0.493 e. The molecule has 0 saturated heterocycles. The molecule has 1 aliphatic rings. The average molecular weight is 447 g/mol. The van der Waals surface area contributed by atoms with Gasteiger partial charge in [-0.15, -0.1) is 0 Å². The van der Waals surface area contributed by atoms with Gasteiger partial charge >= 0.3 is 0 Å². The van der Waals surface area contributed by atoms with E-state index in [0.717, 1.165) is 18.4 Å². The van der Waals surface area contributed by atoms with Gasteiger partial charge in [0.1, 0.15) is 6.61 Å². The molecule has 33 heavy (non-hydrogen) atoms. The van der Waals surface area contributed by atoms with E-state index in [1.165, 1.54) is 14.2 Å². The number of amides is 2. The monoisotopic (exact) mass is 446 g/mol. The number of ether oxygens (including phenoxy) is 3. The second kappa shape index (κ2) is 10.1. The fraction of sp³-hybridized carbons (Fsp3) is 0.231. The highest BCUT2D eigenvalue weighted by molar-refractivity contribution is 6.06. The molecule has 3 aromatic rings. The molecule has 1 aliphatic carbocycles. The lowest BCUT2D eigenvalue weighted by atomic mass is 10.1. The summed E-state index contributed by atoms with van der Waals surface area (Å²) in [7, 11) is 3.02. The van der Waals surface area contributed by atoms with Crippen molar-refractivity contribution in [1.82, 2.24) is 5.32 Å². The summed E-state index contributed by atoms with van der Waals surface area (Å²) in [6, 6.07) is 20.0. The fourth-order valence-electron chi connectivity index (χ4n) is 3.32. The molecule has 0 radical (unpaired) electrons. The maximum atomic E-state index is 12.9. The predicted octanol–water partition coefficient (Wildman–Crippen LogP) is 4.43. The van der Waals surface area contributed by atoms with Gasteiger partial charge in [0.2, 0.25) is 5.75 Å².